The standard InChI is InChI=1S/C9H6N4/c1-2-6-4-11-9-8(12-5-13-9)7(6)10-3-1/h1-5,10H. The van der Waals surface area contributed by atoms with Crippen LogP contribution in [0.5, 0.6) is 0 Å². The van der Waals surface area contributed by atoms with E-state index in [1.54, 1.807) is 6.20 Å². The second-order valence-electron chi connectivity index (χ2n) is 2.80. The number of hydrogen-bond acceptors (Lipinski definition) is 3. The maximum absolute atomic E-state index is 4.18. The summed E-state index contributed by atoms with van der Waals surface area (Å²) in [6.07, 6.45) is 5.19. The second-order valence-corrected chi connectivity index (χ2v) is 2.80. The SMILES string of the molecule is c1c[nH]c2c(c1)cnc1ncnc12. The zero-order valence-electron chi connectivity index (χ0n) is 6.73. The minimum absolute atomic E-state index is 0.690. The molecule has 0 fully saturated rings. The topological polar surface area (TPSA) is 54.5 Å². The first-order chi connectivity index (χ1) is 6.45. The minimum atomic E-state index is 0.690. The highest BCUT2D eigenvalue weighted by Crippen LogP contribution is 2.17. The number of pyridine rings is 2. The fourth-order valence-electron chi connectivity index (χ4n) is 1.42. The Balaban J connectivity index is 2.65. The normalized spacial score (nSPS) is 11.1. The van der Waals surface area contributed by atoms with Gasteiger partial charge in [-0.05, 0) is 12.1 Å². The fraction of sp³-hybridized carbons (Fsp3) is 0. The fourth-order valence-corrected chi connectivity index (χ4v) is 1.42. The molecule has 0 unspecified atom stereocenters. The van der Waals surface area contributed by atoms with Crippen molar-refractivity contribution in [2.45, 2.75) is 0 Å². The monoisotopic (exact) mass is 170 g/mol. The lowest BCUT2D eigenvalue weighted by Crippen LogP contribution is -1.82. The van der Waals surface area contributed by atoms with Crippen LogP contribution in [0.15, 0.2) is 30.9 Å². The average Bonchev–Trinajstić information content (AvgIpc) is 2.65. The number of nitrogens with zero attached hydrogens (tertiary/aromatic N) is 3. The van der Waals surface area contributed by atoms with Crippen molar-refractivity contribution in [2.75, 3.05) is 0 Å². The van der Waals surface area contributed by atoms with Crippen LogP contribution in [0.25, 0.3) is 22.1 Å². The third-order valence-electron chi connectivity index (χ3n) is 2.03. The Bertz CT molecular complexity index is 570. The summed E-state index contributed by atoms with van der Waals surface area (Å²) in [5.41, 5.74) is 2.51. The van der Waals surface area contributed by atoms with Gasteiger partial charge in [0.2, 0.25) is 0 Å². The number of rotatable bonds is 0. The molecule has 0 radical (unpaired) electrons. The van der Waals surface area contributed by atoms with Crippen LogP contribution in [0, 0.1) is 0 Å². The molecule has 0 spiro atoms. The smallest absolute Gasteiger partial charge is 0.181 e. The molecule has 0 amide bonds. The van der Waals surface area contributed by atoms with Crippen LogP contribution in [0.2, 0.25) is 0 Å². The molecule has 3 rings (SSSR count). The van der Waals surface area contributed by atoms with Crippen LogP contribution < -0.4 is 0 Å². The van der Waals surface area contributed by atoms with Gasteiger partial charge in [0.25, 0.3) is 0 Å². The molecule has 0 aromatic carbocycles. The largest absolute Gasteiger partial charge is 0.359 e. The average molecular weight is 170 g/mol. The van der Waals surface area contributed by atoms with E-state index in [0.29, 0.717) is 5.65 Å². The predicted molar refractivity (Wildman–Crippen MR) is 49.2 cm³/mol. The molecule has 0 saturated carbocycles. The van der Waals surface area contributed by atoms with Gasteiger partial charge in [-0.1, -0.05) is 0 Å². The van der Waals surface area contributed by atoms with Gasteiger partial charge >= 0.3 is 0 Å². The molecule has 3 aromatic heterocycles. The van der Waals surface area contributed by atoms with Gasteiger partial charge in [0, 0.05) is 17.8 Å². The van der Waals surface area contributed by atoms with Gasteiger partial charge in [-0.3, -0.25) is 0 Å². The van der Waals surface area contributed by atoms with Crippen molar-refractivity contribution in [1.29, 1.82) is 0 Å². The van der Waals surface area contributed by atoms with E-state index in [-0.39, 0.29) is 0 Å². The summed E-state index contributed by atoms with van der Waals surface area (Å²) >= 11 is 0. The minimum Gasteiger partial charge on any atom is -0.359 e. The van der Waals surface area contributed by atoms with E-state index in [9.17, 15) is 0 Å². The predicted octanol–water partition coefficient (Wildman–Crippen LogP) is 1.51. The van der Waals surface area contributed by atoms with Gasteiger partial charge in [0.05, 0.1) is 5.52 Å². The third kappa shape index (κ3) is 0.823. The number of imidazole rings is 1. The molecule has 0 aliphatic heterocycles. The molecule has 0 atom stereocenters. The van der Waals surface area contributed by atoms with Crippen molar-refractivity contribution < 1.29 is 0 Å². The van der Waals surface area contributed by atoms with Crippen LogP contribution in [-0.2, 0) is 0 Å². The zero-order valence-corrected chi connectivity index (χ0v) is 6.73. The summed E-state index contributed by atoms with van der Waals surface area (Å²) in [5, 5.41) is 1.05. The van der Waals surface area contributed by atoms with Crippen LogP contribution in [0.1, 0.15) is 0 Å². The first kappa shape index (κ1) is 6.54. The lowest BCUT2D eigenvalue weighted by Gasteiger charge is -1.96. The van der Waals surface area contributed by atoms with E-state index >= 15 is 0 Å². The summed E-state index contributed by atoms with van der Waals surface area (Å²) in [6.45, 7) is 0. The molecule has 0 bridgehead atoms. The Morgan fingerprint density at radius 3 is 3.15 bits per heavy atom. The number of fused-ring (bicyclic) bond motifs is 3. The first-order valence-electron chi connectivity index (χ1n) is 3.98. The van der Waals surface area contributed by atoms with Crippen molar-refractivity contribution >= 4 is 22.1 Å². The van der Waals surface area contributed by atoms with Crippen LogP contribution in [-0.4, -0.2) is 19.9 Å². The summed E-state index contributed by atoms with van der Waals surface area (Å²) in [4.78, 5) is 15.5. The molecule has 62 valence electrons. The maximum atomic E-state index is 4.18. The first-order valence-corrected chi connectivity index (χ1v) is 3.98. The molecule has 0 aliphatic rings. The summed E-state index contributed by atoms with van der Waals surface area (Å²) < 4.78 is 0. The van der Waals surface area contributed by atoms with E-state index in [1.165, 1.54) is 6.33 Å². The van der Waals surface area contributed by atoms with E-state index in [1.807, 2.05) is 18.3 Å². The van der Waals surface area contributed by atoms with Gasteiger partial charge in [0.1, 0.15) is 11.8 Å². The van der Waals surface area contributed by atoms with Gasteiger partial charge in [0.15, 0.2) is 5.65 Å². The summed E-state index contributed by atoms with van der Waals surface area (Å²) in [7, 11) is 0. The molecule has 3 aromatic rings. The van der Waals surface area contributed by atoms with Gasteiger partial charge in [-0.2, -0.15) is 0 Å². The van der Waals surface area contributed by atoms with E-state index in [2.05, 4.69) is 19.9 Å². The number of hydrogen-bond donors (Lipinski definition) is 1. The number of H-pyrrole nitrogens is 1. The van der Waals surface area contributed by atoms with E-state index in [4.69, 9.17) is 0 Å². The number of nitrogens with one attached hydrogen (secondary N) is 1. The van der Waals surface area contributed by atoms with Crippen molar-refractivity contribution in [3.8, 4) is 0 Å². The van der Waals surface area contributed by atoms with Crippen LogP contribution >= 0.6 is 0 Å². The second kappa shape index (κ2) is 2.26. The van der Waals surface area contributed by atoms with E-state index in [0.717, 1.165) is 16.4 Å². The third-order valence-corrected chi connectivity index (χ3v) is 2.03. The zero-order chi connectivity index (χ0) is 8.67. The lowest BCUT2D eigenvalue weighted by atomic mass is 10.2. The van der Waals surface area contributed by atoms with E-state index < -0.39 is 0 Å². The number of aromatic amines is 1. The van der Waals surface area contributed by atoms with Gasteiger partial charge in [-0.15, -0.1) is 0 Å². The van der Waals surface area contributed by atoms with Crippen molar-refractivity contribution in [3.05, 3.63) is 30.9 Å². The molecule has 0 aliphatic carbocycles. The number of aromatic nitrogens is 4. The molecule has 4 nitrogen and oxygen atoms in total. The molecule has 0 saturated heterocycles. The quantitative estimate of drug-likeness (QED) is 0.556. The van der Waals surface area contributed by atoms with Gasteiger partial charge in [-0.25, -0.2) is 15.0 Å². The molecule has 3 heterocycles. The Kier molecular flexibility index (Phi) is 1.14. The van der Waals surface area contributed by atoms with Crippen LogP contribution in [0.4, 0.5) is 0 Å². The summed E-state index contributed by atoms with van der Waals surface area (Å²) in [6, 6.07) is 3.93. The van der Waals surface area contributed by atoms with Crippen molar-refractivity contribution in [3.63, 3.8) is 0 Å². The molecule has 13 heavy (non-hydrogen) atoms. The van der Waals surface area contributed by atoms with Gasteiger partial charge < -0.3 is 4.98 Å². The maximum Gasteiger partial charge on any atom is 0.181 e. The molecular formula is C9H6N4. The van der Waals surface area contributed by atoms with Crippen molar-refractivity contribution in [2.24, 2.45) is 0 Å². The Morgan fingerprint density at radius 1 is 1.15 bits per heavy atom. The highest BCUT2D eigenvalue weighted by Gasteiger charge is 2.02. The lowest BCUT2D eigenvalue weighted by molar-refractivity contribution is 1.31. The Labute approximate surface area is 73.7 Å². The molecule has 4 heteroatoms. The Hall–Kier alpha value is -1.97. The molecule has 1 N–H and O–H groups in total. The summed E-state index contributed by atoms with van der Waals surface area (Å²) in [5.74, 6) is 0. The highest BCUT2D eigenvalue weighted by molar-refractivity contribution is 5.98. The molecular weight excluding hydrogens is 164 g/mol. The highest BCUT2D eigenvalue weighted by atomic mass is 15.0. The van der Waals surface area contributed by atoms with Crippen LogP contribution in [0.3, 0.4) is 0 Å². The van der Waals surface area contributed by atoms with Crippen molar-refractivity contribution in [1.82, 2.24) is 19.9 Å². The Morgan fingerprint density at radius 2 is 2.15 bits per heavy atom.